The number of benzene rings is 1. The smallest absolute Gasteiger partial charge is 0.256 e. The van der Waals surface area contributed by atoms with Gasteiger partial charge in [0.15, 0.2) is 5.65 Å². The number of carbonyl (C=O) groups excluding carboxylic acids is 1. The maximum absolute atomic E-state index is 13.4. The molecule has 0 radical (unpaired) electrons. The quantitative estimate of drug-likeness (QED) is 0.527. The highest BCUT2D eigenvalue weighted by molar-refractivity contribution is 5.97. The van der Waals surface area contributed by atoms with Crippen LogP contribution in [0.1, 0.15) is 34.5 Å². The van der Waals surface area contributed by atoms with Gasteiger partial charge in [0.25, 0.3) is 5.91 Å². The summed E-state index contributed by atoms with van der Waals surface area (Å²) in [4.78, 5) is 24.1. The Hall–Kier alpha value is -3.94. The zero-order valence-corrected chi connectivity index (χ0v) is 17.4. The van der Waals surface area contributed by atoms with Gasteiger partial charge in [-0.3, -0.25) is 9.78 Å². The molecule has 4 aromatic rings. The molecule has 8 heteroatoms. The summed E-state index contributed by atoms with van der Waals surface area (Å²) >= 11 is 0. The van der Waals surface area contributed by atoms with Gasteiger partial charge < -0.3 is 15.4 Å². The van der Waals surface area contributed by atoms with Crippen molar-refractivity contribution in [2.45, 2.75) is 31.9 Å². The number of nitrogen functional groups attached to an aromatic ring is 1. The number of rotatable bonds is 5. The second-order valence-electron chi connectivity index (χ2n) is 8.31. The first kappa shape index (κ1) is 18.8. The van der Waals surface area contributed by atoms with E-state index in [9.17, 15) is 4.79 Å². The topological polar surface area (TPSA) is 98.6 Å². The van der Waals surface area contributed by atoms with Gasteiger partial charge in [0.05, 0.1) is 17.4 Å². The first-order chi connectivity index (χ1) is 15.6. The average molecular weight is 426 g/mol. The van der Waals surface area contributed by atoms with Crippen LogP contribution in [0.4, 0.5) is 5.95 Å². The highest BCUT2D eigenvalue weighted by Gasteiger charge is 2.28. The summed E-state index contributed by atoms with van der Waals surface area (Å²) in [6.07, 6.45) is 6.87. The minimum absolute atomic E-state index is 0.00498. The fraction of sp³-hybridized carbons (Fsp3) is 0.250. The lowest BCUT2D eigenvalue weighted by molar-refractivity contribution is 0.0723. The molecule has 0 spiro atoms. The fourth-order valence-electron chi connectivity index (χ4n) is 4.10. The molecule has 2 N–H and O–H groups in total. The van der Waals surface area contributed by atoms with Crippen LogP contribution in [0.25, 0.3) is 16.8 Å². The van der Waals surface area contributed by atoms with Crippen LogP contribution in [0, 0.1) is 0 Å². The predicted molar refractivity (Wildman–Crippen MR) is 119 cm³/mol. The van der Waals surface area contributed by atoms with Crippen molar-refractivity contribution >= 4 is 17.5 Å². The number of nitrogens with zero attached hydrogens (tertiary/aromatic N) is 5. The molecule has 6 rings (SSSR count). The second kappa shape index (κ2) is 7.33. The maximum atomic E-state index is 13.4. The van der Waals surface area contributed by atoms with E-state index in [1.165, 1.54) is 0 Å². The lowest BCUT2D eigenvalue weighted by Gasteiger charge is -2.29. The molecule has 1 saturated carbocycles. The van der Waals surface area contributed by atoms with Gasteiger partial charge in [-0.2, -0.15) is 4.98 Å². The van der Waals surface area contributed by atoms with Crippen molar-refractivity contribution in [3.8, 4) is 16.9 Å². The molecule has 0 unspecified atom stereocenters. The van der Waals surface area contributed by atoms with Crippen molar-refractivity contribution < 1.29 is 9.53 Å². The molecule has 8 nitrogen and oxygen atoms in total. The van der Waals surface area contributed by atoms with E-state index in [1.54, 1.807) is 10.7 Å². The molecule has 32 heavy (non-hydrogen) atoms. The SMILES string of the molecule is Nc1nc2cc(-c3cnc4c(c3)C(=O)N(Cc3ccccc3OC3CC3)CC4)ccn2n1. The van der Waals surface area contributed by atoms with Gasteiger partial charge in [0.2, 0.25) is 5.95 Å². The summed E-state index contributed by atoms with van der Waals surface area (Å²) in [5.74, 6) is 1.10. The first-order valence-corrected chi connectivity index (χ1v) is 10.8. The Kier molecular flexibility index (Phi) is 4.31. The van der Waals surface area contributed by atoms with Crippen molar-refractivity contribution in [2.24, 2.45) is 0 Å². The Morgan fingerprint density at radius 1 is 1.12 bits per heavy atom. The van der Waals surface area contributed by atoms with E-state index in [4.69, 9.17) is 10.5 Å². The van der Waals surface area contributed by atoms with Crippen molar-refractivity contribution in [3.63, 3.8) is 0 Å². The number of nitrogens with two attached hydrogens (primary N) is 1. The van der Waals surface area contributed by atoms with Gasteiger partial charge in [0, 0.05) is 43.0 Å². The number of hydrogen-bond donors (Lipinski definition) is 1. The molecule has 0 saturated heterocycles. The van der Waals surface area contributed by atoms with E-state index >= 15 is 0 Å². The molecule has 4 heterocycles. The van der Waals surface area contributed by atoms with E-state index in [0.717, 1.165) is 47.4 Å². The van der Waals surface area contributed by atoms with Crippen LogP contribution in [0.15, 0.2) is 54.9 Å². The molecule has 2 aliphatic rings. The zero-order valence-electron chi connectivity index (χ0n) is 17.4. The zero-order chi connectivity index (χ0) is 21.7. The number of ether oxygens (including phenoxy) is 1. The lowest BCUT2D eigenvalue weighted by atomic mass is 9.99. The second-order valence-corrected chi connectivity index (χ2v) is 8.31. The summed E-state index contributed by atoms with van der Waals surface area (Å²) in [6.45, 7) is 1.16. The number of carbonyl (C=O) groups is 1. The summed E-state index contributed by atoms with van der Waals surface area (Å²) in [6, 6.07) is 13.7. The van der Waals surface area contributed by atoms with Crippen molar-refractivity contribution in [1.29, 1.82) is 0 Å². The first-order valence-electron chi connectivity index (χ1n) is 10.8. The molecular weight excluding hydrogens is 404 g/mol. The van der Waals surface area contributed by atoms with Crippen LogP contribution in [0.2, 0.25) is 0 Å². The standard InChI is InChI=1S/C24H22N6O2/c25-24-27-22-12-15(7-10-30(22)28-24)17-11-19-20(26-13-17)8-9-29(23(19)31)14-16-3-1-2-4-21(16)32-18-5-6-18/h1-4,7,10-13,18H,5-6,8-9,14H2,(H2,25,28). The van der Waals surface area contributed by atoms with E-state index in [1.807, 2.05) is 53.6 Å². The highest BCUT2D eigenvalue weighted by Crippen LogP contribution is 2.31. The maximum Gasteiger partial charge on any atom is 0.256 e. The van der Waals surface area contributed by atoms with Crippen LogP contribution in [-0.4, -0.2) is 43.0 Å². The van der Waals surface area contributed by atoms with Gasteiger partial charge in [-0.25, -0.2) is 4.52 Å². The Morgan fingerprint density at radius 3 is 2.88 bits per heavy atom. The van der Waals surface area contributed by atoms with E-state index < -0.39 is 0 Å². The molecule has 1 aliphatic heterocycles. The molecule has 1 aliphatic carbocycles. The minimum Gasteiger partial charge on any atom is -0.490 e. The van der Waals surface area contributed by atoms with Crippen molar-refractivity contribution in [2.75, 3.05) is 12.3 Å². The molecule has 0 bridgehead atoms. The molecular formula is C24H22N6O2. The molecule has 1 aromatic carbocycles. The molecule has 160 valence electrons. The lowest BCUT2D eigenvalue weighted by Crippen LogP contribution is -2.37. The Bertz CT molecular complexity index is 1340. The third-order valence-electron chi connectivity index (χ3n) is 5.95. The van der Waals surface area contributed by atoms with Gasteiger partial charge >= 0.3 is 0 Å². The van der Waals surface area contributed by atoms with E-state index in [-0.39, 0.29) is 11.9 Å². The monoisotopic (exact) mass is 426 g/mol. The molecule has 0 atom stereocenters. The number of para-hydroxylation sites is 1. The summed E-state index contributed by atoms with van der Waals surface area (Å²) in [5.41, 5.74) is 10.6. The third kappa shape index (κ3) is 3.43. The number of pyridine rings is 2. The Morgan fingerprint density at radius 2 is 2.00 bits per heavy atom. The number of fused-ring (bicyclic) bond motifs is 2. The van der Waals surface area contributed by atoms with Crippen LogP contribution in [0.3, 0.4) is 0 Å². The summed E-state index contributed by atoms with van der Waals surface area (Å²) < 4.78 is 7.67. The van der Waals surface area contributed by atoms with E-state index in [0.29, 0.717) is 30.4 Å². The summed E-state index contributed by atoms with van der Waals surface area (Å²) in [5, 5.41) is 4.11. The van der Waals surface area contributed by atoms with Crippen LogP contribution in [-0.2, 0) is 13.0 Å². The Labute approximate surface area is 184 Å². The fourth-order valence-corrected chi connectivity index (χ4v) is 4.10. The number of amides is 1. The van der Waals surface area contributed by atoms with Gasteiger partial charge in [-0.05, 0) is 42.7 Å². The Balaban J connectivity index is 1.29. The summed E-state index contributed by atoms with van der Waals surface area (Å²) in [7, 11) is 0. The van der Waals surface area contributed by atoms with Crippen LogP contribution in [0.5, 0.6) is 5.75 Å². The predicted octanol–water partition coefficient (Wildman–Crippen LogP) is 3.11. The number of hydrogen-bond acceptors (Lipinski definition) is 6. The highest BCUT2D eigenvalue weighted by atomic mass is 16.5. The largest absolute Gasteiger partial charge is 0.490 e. The van der Waals surface area contributed by atoms with Gasteiger partial charge in [-0.15, -0.1) is 5.10 Å². The molecule has 1 amide bonds. The molecule has 1 fully saturated rings. The van der Waals surface area contributed by atoms with Gasteiger partial charge in [-0.1, -0.05) is 18.2 Å². The van der Waals surface area contributed by atoms with Gasteiger partial charge in [0.1, 0.15) is 5.75 Å². The van der Waals surface area contributed by atoms with E-state index in [2.05, 4.69) is 15.1 Å². The number of aromatic nitrogens is 4. The van der Waals surface area contributed by atoms with Crippen LogP contribution >= 0.6 is 0 Å². The third-order valence-corrected chi connectivity index (χ3v) is 5.95. The van der Waals surface area contributed by atoms with Crippen LogP contribution < -0.4 is 10.5 Å². The minimum atomic E-state index is -0.00498. The number of anilines is 1. The van der Waals surface area contributed by atoms with Crippen molar-refractivity contribution in [1.82, 2.24) is 24.5 Å². The molecule has 3 aromatic heterocycles. The normalized spacial score (nSPS) is 15.8. The van der Waals surface area contributed by atoms with Crippen molar-refractivity contribution in [3.05, 3.63) is 71.7 Å². The average Bonchev–Trinajstić information content (AvgIpc) is 3.54.